The van der Waals surface area contributed by atoms with E-state index in [0.29, 0.717) is 5.56 Å². The zero-order chi connectivity index (χ0) is 17.9. The van der Waals surface area contributed by atoms with Gasteiger partial charge in [0.15, 0.2) is 6.61 Å². The second-order valence-electron chi connectivity index (χ2n) is 4.96. The lowest BCUT2D eigenvalue weighted by molar-refractivity contribution is -0.153. The third kappa shape index (κ3) is 4.76. The zero-order valence-corrected chi connectivity index (χ0v) is 13.0. The molecule has 0 aliphatic rings. The van der Waals surface area contributed by atoms with Gasteiger partial charge < -0.3 is 15.0 Å². The number of benzene rings is 1. The van der Waals surface area contributed by atoms with Crippen molar-refractivity contribution in [2.24, 2.45) is 5.73 Å². The lowest BCUT2D eigenvalue weighted by atomic mass is 10.2. The summed E-state index contributed by atoms with van der Waals surface area (Å²) in [5, 5.41) is 8.18. The Hall–Kier alpha value is -2.48. The molecular formula is C15H13ClF3N3O2. The van der Waals surface area contributed by atoms with E-state index in [1.165, 1.54) is 35.0 Å². The van der Waals surface area contributed by atoms with Crippen molar-refractivity contribution in [2.75, 3.05) is 6.61 Å². The second kappa shape index (κ2) is 6.96. The van der Waals surface area contributed by atoms with E-state index in [1.54, 1.807) is 6.07 Å². The Kier molecular flexibility index (Phi) is 5.18. The van der Waals surface area contributed by atoms with Crippen molar-refractivity contribution in [2.45, 2.75) is 12.7 Å². The molecule has 1 amide bonds. The molecule has 5 nitrogen and oxygen atoms in total. The maximum atomic E-state index is 12.2. The van der Waals surface area contributed by atoms with Gasteiger partial charge in [0.25, 0.3) is 5.91 Å². The third-order valence-electron chi connectivity index (χ3n) is 3.02. The van der Waals surface area contributed by atoms with Gasteiger partial charge >= 0.3 is 6.18 Å². The van der Waals surface area contributed by atoms with Gasteiger partial charge in [0.2, 0.25) is 0 Å². The van der Waals surface area contributed by atoms with Gasteiger partial charge in [-0.25, -0.2) is 0 Å². The Morgan fingerprint density at radius 3 is 2.67 bits per heavy atom. The van der Waals surface area contributed by atoms with Gasteiger partial charge in [-0.3, -0.25) is 10.2 Å². The number of alkyl halides is 3. The first kappa shape index (κ1) is 17.9. The van der Waals surface area contributed by atoms with Gasteiger partial charge in [0.05, 0.1) is 10.6 Å². The molecule has 0 saturated heterocycles. The average Bonchev–Trinajstić information content (AvgIpc) is 2.48. The van der Waals surface area contributed by atoms with Crippen LogP contribution in [0, 0.1) is 5.41 Å². The van der Waals surface area contributed by atoms with E-state index in [2.05, 4.69) is 4.74 Å². The van der Waals surface area contributed by atoms with Crippen molar-refractivity contribution in [3.8, 4) is 5.75 Å². The van der Waals surface area contributed by atoms with Crippen molar-refractivity contribution in [3.63, 3.8) is 0 Å². The molecule has 0 unspecified atom stereocenters. The van der Waals surface area contributed by atoms with E-state index < -0.39 is 18.7 Å². The Bertz CT molecular complexity index is 818. The fourth-order valence-electron chi connectivity index (χ4n) is 2.02. The summed E-state index contributed by atoms with van der Waals surface area (Å²) < 4.78 is 42.6. The van der Waals surface area contributed by atoms with Crippen molar-refractivity contribution >= 4 is 17.5 Å². The fourth-order valence-corrected chi connectivity index (χ4v) is 2.25. The van der Waals surface area contributed by atoms with Crippen LogP contribution in [0.3, 0.4) is 0 Å². The first-order valence-electron chi connectivity index (χ1n) is 6.68. The van der Waals surface area contributed by atoms with E-state index in [0.717, 1.165) is 0 Å². The molecule has 0 aliphatic carbocycles. The van der Waals surface area contributed by atoms with Crippen LogP contribution in [0.4, 0.5) is 13.2 Å². The predicted octanol–water partition coefficient (Wildman–Crippen LogP) is 2.71. The number of pyridine rings is 1. The highest BCUT2D eigenvalue weighted by atomic mass is 35.5. The van der Waals surface area contributed by atoms with Crippen LogP contribution < -0.4 is 16.0 Å². The molecule has 1 heterocycles. The Morgan fingerprint density at radius 2 is 2.04 bits per heavy atom. The molecular weight excluding hydrogens is 347 g/mol. The number of hydrogen-bond donors (Lipinski definition) is 2. The number of halogens is 4. The molecule has 0 spiro atoms. The minimum Gasteiger partial charge on any atom is -0.484 e. The van der Waals surface area contributed by atoms with Crippen LogP contribution in [0.25, 0.3) is 0 Å². The van der Waals surface area contributed by atoms with Gasteiger partial charge in [0.1, 0.15) is 11.2 Å². The van der Waals surface area contributed by atoms with Crippen LogP contribution in [-0.4, -0.2) is 23.3 Å². The summed E-state index contributed by atoms with van der Waals surface area (Å²) >= 11 is 5.90. The van der Waals surface area contributed by atoms with Crippen molar-refractivity contribution in [1.82, 2.24) is 4.57 Å². The van der Waals surface area contributed by atoms with Gasteiger partial charge in [0, 0.05) is 12.7 Å². The SMILES string of the molecule is N=c1c(C(N)=O)cc(Cl)cn1Cc1cccc(OCC(F)(F)F)c1. The summed E-state index contributed by atoms with van der Waals surface area (Å²) in [6, 6.07) is 7.28. The Balaban J connectivity index is 2.26. The van der Waals surface area contributed by atoms with Crippen molar-refractivity contribution in [1.29, 1.82) is 5.41 Å². The molecule has 0 aliphatic heterocycles. The Labute approximate surface area is 139 Å². The maximum absolute atomic E-state index is 12.2. The highest BCUT2D eigenvalue weighted by molar-refractivity contribution is 6.30. The first-order chi connectivity index (χ1) is 11.2. The van der Waals surface area contributed by atoms with Crippen LogP contribution in [0.1, 0.15) is 15.9 Å². The lowest BCUT2D eigenvalue weighted by Gasteiger charge is -2.12. The summed E-state index contributed by atoms with van der Waals surface area (Å²) in [6.07, 6.45) is -3.00. The molecule has 1 aromatic heterocycles. The topological polar surface area (TPSA) is 81.1 Å². The number of ether oxygens (including phenoxy) is 1. The quantitative estimate of drug-likeness (QED) is 0.860. The number of amides is 1. The summed E-state index contributed by atoms with van der Waals surface area (Å²) in [5.41, 5.74) is 5.57. The van der Waals surface area contributed by atoms with E-state index in [9.17, 15) is 18.0 Å². The van der Waals surface area contributed by atoms with E-state index >= 15 is 0 Å². The Morgan fingerprint density at radius 1 is 1.33 bits per heavy atom. The summed E-state index contributed by atoms with van der Waals surface area (Å²) in [7, 11) is 0. The van der Waals surface area contributed by atoms with Crippen LogP contribution in [0.15, 0.2) is 36.5 Å². The number of aromatic nitrogens is 1. The number of nitrogens with one attached hydrogen (secondary N) is 1. The minimum atomic E-state index is -4.43. The maximum Gasteiger partial charge on any atom is 0.422 e. The van der Waals surface area contributed by atoms with Gasteiger partial charge in [-0.05, 0) is 23.8 Å². The second-order valence-corrected chi connectivity index (χ2v) is 5.40. The molecule has 3 N–H and O–H groups in total. The smallest absolute Gasteiger partial charge is 0.422 e. The highest BCUT2D eigenvalue weighted by Crippen LogP contribution is 2.20. The number of nitrogens with zero attached hydrogens (tertiary/aromatic N) is 1. The highest BCUT2D eigenvalue weighted by Gasteiger charge is 2.28. The molecule has 0 radical (unpaired) electrons. The molecule has 24 heavy (non-hydrogen) atoms. The van der Waals surface area contributed by atoms with Crippen molar-refractivity contribution in [3.05, 3.63) is 58.2 Å². The lowest BCUT2D eigenvalue weighted by Crippen LogP contribution is -2.29. The van der Waals surface area contributed by atoms with Gasteiger partial charge in [-0.15, -0.1) is 0 Å². The minimum absolute atomic E-state index is 0.0491. The molecule has 128 valence electrons. The summed E-state index contributed by atoms with van der Waals surface area (Å²) in [5.74, 6) is -0.743. The van der Waals surface area contributed by atoms with Crippen molar-refractivity contribution < 1.29 is 22.7 Å². The standard InChI is InChI=1S/C15H13ClF3N3O2/c16-10-5-12(14(21)23)13(20)22(7-10)6-9-2-1-3-11(4-9)24-8-15(17,18)19/h1-5,7,20H,6,8H2,(H2,21,23). The fraction of sp³-hybridized carbons (Fsp3) is 0.200. The zero-order valence-electron chi connectivity index (χ0n) is 12.2. The van der Waals surface area contributed by atoms with Gasteiger partial charge in [-0.1, -0.05) is 23.7 Å². The normalized spacial score (nSPS) is 11.3. The number of hydrogen-bond acceptors (Lipinski definition) is 3. The molecule has 0 saturated carbocycles. The summed E-state index contributed by atoms with van der Waals surface area (Å²) in [4.78, 5) is 11.3. The first-order valence-corrected chi connectivity index (χ1v) is 7.06. The third-order valence-corrected chi connectivity index (χ3v) is 3.23. The summed E-state index contributed by atoms with van der Waals surface area (Å²) in [6.45, 7) is -1.28. The number of nitrogens with two attached hydrogens (primary N) is 1. The van der Waals surface area contributed by atoms with Crippen LogP contribution in [0.5, 0.6) is 5.75 Å². The average molecular weight is 360 g/mol. The number of carbonyl (C=O) groups excluding carboxylic acids is 1. The van der Waals surface area contributed by atoms with E-state index in [-0.39, 0.29) is 28.4 Å². The predicted molar refractivity (Wildman–Crippen MR) is 80.9 cm³/mol. The number of primary amides is 1. The van der Waals surface area contributed by atoms with E-state index in [4.69, 9.17) is 22.7 Å². The molecule has 2 rings (SSSR count). The molecule has 2 aromatic rings. The molecule has 1 aromatic carbocycles. The number of rotatable bonds is 5. The molecule has 9 heteroatoms. The monoisotopic (exact) mass is 359 g/mol. The molecule has 0 fully saturated rings. The van der Waals surface area contributed by atoms with E-state index in [1.807, 2.05) is 0 Å². The van der Waals surface area contributed by atoms with Crippen LogP contribution in [0.2, 0.25) is 5.02 Å². The number of carbonyl (C=O) groups is 1. The largest absolute Gasteiger partial charge is 0.484 e. The van der Waals surface area contributed by atoms with Crippen LogP contribution >= 0.6 is 11.6 Å². The van der Waals surface area contributed by atoms with Gasteiger partial charge in [-0.2, -0.15) is 13.2 Å². The molecule has 0 atom stereocenters. The molecule has 0 bridgehead atoms. The van der Waals surface area contributed by atoms with Crippen LogP contribution in [-0.2, 0) is 6.54 Å².